The summed E-state index contributed by atoms with van der Waals surface area (Å²) in [6, 6.07) is 0. The van der Waals surface area contributed by atoms with Crippen molar-refractivity contribution in [2.45, 2.75) is 46.0 Å². The number of allylic oxidation sites excluding steroid dienone is 4. The van der Waals surface area contributed by atoms with Crippen LogP contribution in [0.15, 0.2) is 35.3 Å². The van der Waals surface area contributed by atoms with Crippen LogP contribution in [0.2, 0.25) is 0 Å². The van der Waals surface area contributed by atoms with Gasteiger partial charge in [0, 0.05) is 17.8 Å². The molecule has 0 aromatic carbocycles. The van der Waals surface area contributed by atoms with Gasteiger partial charge in [-0.1, -0.05) is 17.7 Å². The van der Waals surface area contributed by atoms with E-state index in [1.54, 1.807) is 11.8 Å². The molecular weight excluding hydrogens is 184 g/mol. The van der Waals surface area contributed by atoms with Crippen molar-refractivity contribution in [3.63, 3.8) is 0 Å². The standard InChI is InChI=1S/C13H22N2/c1-3-11(2)15-13(9-6-10-14)12-7-4-5-8-12/h3,6,10,15H,4-5,7-9,14H2,1-2H3/b10-6-,11-3+. The van der Waals surface area contributed by atoms with Gasteiger partial charge >= 0.3 is 0 Å². The van der Waals surface area contributed by atoms with Gasteiger partial charge in [-0.3, -0.25) is 0 Å². The van der Waals surface area contributed by atoms with Gasteiger partial charge in [0.05, 0.1) is 0 Å². The molecule has 1 aliphatic rings. The van der Waals surface area contributed by atoms with E-state index in [0.29, 0.717) is 0 Å². The first-order chi connectivity index (χ1) is 7.27. The van der Waals surface area contributed by atoms with Crippen LogP contribution in [0.1, 0.15) is 46.0 Å². The molecule has 0 bridgehead atoms. The lowest BCUT2D eigenvalue weighted by atomic mass is 10.1. The quantitative estimate of drug-likeness (QED) is 0.741. The van der Waals surface area contributed by atoms with E-state index in [1.165, 1.54) is 37.1 Å². The summed E-state index contributed by atoms with van der Waals surface area (Å²) < 4.78 is 0. The molecule has 0 aromatic heterocycles. The topological polar surface area (TPSA) is 38.0 Å². The first kappa shape index (κ1) is 11.9. The molecule has 0 heterocycles. The van der Waals surface area contributed by atoms with Gasteiger partial charge in [-0.05, 0) is 45.7 Å². The van der Waals surface area contributed by atoms with Crippen LogP contribution in [0.25, 0.3) is 0 Å². The summed E-state index contributed by atoms with van der Waals surface area (Å²) in [6.07, 6.45) is 11.8. The Hall–Kier alpha value is -1.18. The molecule has 0 saturated heterocycles. The van der Waals surface area contributed by atoms with Crippen LogP contribution >= 0.6 is 0 Å². The molecule has 1 rings (SSSR count). The predicted molar refractivity (Wildman–Crippen MR) is 66.0 cm³/mol. The third kappa shape index (κ3) is 3.82. The smallest absolute Gasteiger partial charge is 0.0179 e. The molecular formula is C13H22N2. The van der Waals surface area contributed by atoms with Crippen LogP contribution in [-0.2, 0) is 0 Å². The van der Waals surface area contributed by atoms with Crippen LogP contribution in [-0.4, -0.2) is 0 Å². The molecule has 1 aliphatic carbocycles. The number of nitrogens with one attached hydrogen (secondary N) is 1. The second-order valence-corrected chi connectivity index (χ2v) is 4.02. The second kappa shape index (κ2) is 6.33. The average Bonchev–Trinajstić information content (AvgIpc) is 2.77. The lowest BCUT2D eigenvalue weighted by molar-refractivity contribution is 0.870. The van der Waals surface area contributed by atoms with Gasteiger partial charge in [0.2, 0.25) is 0 Å². The molecule has 1 saturated carbocycles. The Morgan fingerprint density at radius 3 is 2.60 bits per heavy atom. The normalized spacial score (nSPS) is 17.5. The third-order valence-corrected chi connectivity index (χ3v) is 2.87. The van der Waals surface area contributed by atoms with Gasteiger partial charge in [-0.25, -0.2) is 0 Å². The highest BCUT2D eigenvalue weighted by atomic mass is 14.9. The minimum atomic E-state index is 0.928. The summed E-state index contributed by atoms with van der Waals surface area (Å²) in [5.41, 5.74) is 9.54. The van der Waals surface area contributed by atoms with Crippen LogP contribution in [0.4, 0.5) is 0 Å². The van der Waals surface area contributed by atoms with Crippen molar-refractivity contribution in [2.24, 2.45) is 5.73 Å². The Kier molecular flexibility index (Phi) is 5.02. The zero-order valence-corrected chi connectivity index (χ0v) is 9.84. The van der Waals surface area contributed by atoms with Crippen molar-refractivity contribution in [1.82, 2.24) is 5.32 Å². The molecule has 15 heavy (non-hydrogen) atoms. The maximum atomic E-state index is 5.39. The van der Waals surface area contributed by atoms with Crippen LogP contribution in [0.3, 0.4) is 0 Å². The molecule has 0 unspecified atom stereocenters. The van der Waals surface area contributed by atoms with Crippen molar-refractivity contribution >= 4 is 0 Å². The number of nitrogens with two attached hydrogens (primary N) is 1. The monoisotopic (exact) mass is 206 g/mol. The molecule has 0 spiro atoms. The first-order valence-corrected chi connectivity index (χ1v) is 5.75. The average molecular weight is 206 g/mol. The van der Waals surface area contributed by atoms with Crippen LogP contribution < -0.4 is 11.1 Å². The van der Waals surface area contributed by atoms with E-state index in [2.05, 4.69) is 25.2 Å². The second-order valence-electron chi connectivity index (χ2n) is 4.02. The van der Waals surface area contributed by atoms with Gasteiger partial charge < -0.3 is 11.1 Å². The molecule has 2 nitrogen and oxygen atoms in total. The molecule has 84 valence electrons. The maximum Gasteiger partial charge on any atom is 0.0179 e. The molecule has 0 aromatic rings. The predicted octanol–water partition coefficient (Wildman–Crippen LogP) is 3.19. The van der Waals surface area contributed by atoms with Gasteiger partial charge in [-0.2, -0.15) is 0 Å². The highest BCUT2D eigenvalue weighted by Gasteiger charge is 2.11. The van der Waals surface area contributed by atoms with Gasteiger partial charge in [0.25, 0.3) is 0 Å². The van der Waals surface area contributed by atoms with E-state index in [9.17, 15) is 0 Å². The lowest BCUT2D eigenvalue weighted by Crippen LogP contribution is -2.12. The molecule has 0 atom stereocenters. The largest absolute Gasteiger partial charge is 0.405 e. The fourth-order valence-electron chi connectivity index (χ4n) is 1.88. The molecule has 3 N–H and O–H groups in total. The SMILES string of the molecule is C/C=C(\C)NC(C/C=C\N)=C1CCCC1. The lowest BCUT2D eigenvalue weighted by Gasteiger charge is -2.13. The van der Waals surface area contributed by atoms with E-state index in [1.807, 2.05) is 6.08 Å². The van der Waals surface area contributed by atoms with Crippen molar-refractivity contribution in [3.8, 4) is 0 Å². The minimum Gasteiger partial charge on any atom is -0.405 e. The zero-order valence-electron chi connectivity index (χ0n) is 9.84. The van der Waals surface area contributed by atoms with Crippen molar-refractivity contribution < 1.29 is 0 Å². The fourth-order valence-corrected chi connectivity index (χ4v) is 1.88. The molecule has 0 radical (unpaired) electrons. The van der Waals surface area contributed by atoms with Crippen molar-refractivity contribution in [2.75, 3.05) is 0 Å². The summed E-state index contributed by atoms with van der Waals surface area (Å²) in [5, 5.41) is 3.48. The van der Waals surface area contributed by atoms with E-state index in [0.717, 1.165) is 6.42 Å². The van der Waals surface area contributed by atoms with Gasteiger partial charge in [-0.15, -0.1) is 0 Å². The molecule has 1 fully saturated rings. The van der Waals surface area contributed by atoms with Gasteiger partial charge in [0.1, 0.15) is 0 Å². The Bertz CT molecular complexity index is 277. The zero-order chi connectivity index (χ0) is 11.1. The van der Waals surface area contributed by atoms with E-state index >= 15 is 0 Å². The Balaban J connectivity index is 2.72. The van der Waals surface area contributed by atoms with Crippen LogP contribution in [0, 0.1) is 0 Å². The third-order valence-electron chi connectivity index (χ3n) is 2.87. The number of hydrogen-bond acceptors (Lipinski definition) is 2. The molecule has 0 aliphatic heterocycles. The number of hydrogen-bond donors (Lipinski definition) is 2. The summed E-state index contributed by atoms with van der Waals surface area (Å²) in [4.78, 5) is 0. The first-order valence-electron chi connectivity index (χ1n) is 5.75. The van der Waals surface area contributed by atoms with E-state index < -0.39 is 0 Å². The van der Waals surface area contributed by atoms with Crippen molar-refractivity contribution in [3.05, 3.63) is 35.3 Å². The van der Waals surface area contributed by atoms with E-state index in [-0.39, 0.29) is 0 Å². The summed E-state index contributed by atoms with van der Waals surface area (Å²) in [5.74, 6) is 0. The van der Waals surface area contributed by atoms with Crippen LogP contribution in [0.5, 0.6) is 0 Å². The Morgan fingerprint density at radius 1 is 1.40 bits per heavy atom. The molecule has 2 heteroatoms. The minimum absolute atomic E-state index is 0.928. The highest BCUT2D eigenvalue weighted by Crippen LogP contribution is 2.27. The maximum absolute atomic E-state index is 5.39. The van der Waals surface area contributed by atoms with Gasteiger partial charge in [0.15, 0.2) is 0 Å². The summed E-state index contributed by atoms with van der Waals surface area (Å²) >= 11 is 0. The van der Waals surface area contributed by atoms with E-state index in [4.69, 9.17) is 5.73 Å². The highest BCUT2D eigenvalue weighted by molar-refractivity contribution is 5.21. The molecule has 0 amide bonds. The number of rotatable bonds is 4. The van der Waals surface area contributed by atoms with Crippen molar-refractivity contribution in [1.29, 1.82) is 0 Å². The fraction of sp³-hybridized carbons (Fsp3) is 0.538. The summed E-state index contributed by atoms with van der Waals surface area (Å²) in [6.45, 7) is 4.15. The Labute approximate surface area is 92.9 Å². The summed E-state index contributed by atoms with van der Waals surface area (Å²) in [7, 11) is 0. The Morgan fingerprint density at radius 2 is 2.07 bits per heavy atom.